The minimum atomic E-state index is -0.212. The number of hydrazone groups is 1. The van der Waals surface area contributed by atoms with Crippen molar-refractivity contribution in [3.05, 3.63) is 34.8 Å². The standard InChI is InChI=1S/C20H26N4O4S/c1-3-8-28-18-11-15(4-5-17(18)26-2)13-21-23-19(25)12-16-14-29-20(22-16)24-6-9-27-10-7-24/h4-5,11,13-14H,3,6-10,12H2,1-2H3,(H,23,25)/b21-13-. The van der Waals surface area contributed by atoms with Gasteiger partial charge in [0.1, 0.15) is 0 Å². The first-order valence-electron chi connectivity index (χ1n) is 9.59. The van der Waals surface area contributed by atoms with Crippen LogP contribution in [-0.4, -0.2) is 57.1 Å². The second-order valence-electron chi connectivity index (χ2n) is 6.45. The van der Waals surface area contributed by atoms with Gasteiger partial charge in [-0.2, -0.15) is 5.10 Å². The van der Waals surface area contributed by atoms with Crippen molar-refractivity contribution in [2.24, 2.45) is 5.10 Å². The lowest BCUT2D eigenvalue weighted by Gasteiger charge is -2.26. The number of hydrogen-bond acceptors (Lipinski definition) is 8. The smallest absolute Gasteiger partial charge is 0.246 e. The van der Waals surface area contributed by atoms with E-state index in [4.69, 9.17) is 14.2 Å². The largest absolute Gasteiger partial charge is 0.493 e. The third-order valence-electron chi connectivity index (χ3n) is 4.22. The van der Waals surface area contributed by atoms with E-state index in [0.717, 1.165) is 35.9 Å². The van der Waals surface area contributed by atoms with Crippen molar-refractivity contribution in [2.75, 3.05) is 44.9 Å². The van der Waals surface area contributed by atoms with Gasteiger partial charge >= 0.3 is 0 Å². The molecule has 0 bridgehead atoms. The molecule has 0 saturated carbocycles. The Bertz CT molecular complexity index is 834. The number of methoxy groups -OCH3 is 1. The quantitative estimate of drug-likeness (QED) is 0.497. The van der Waals surface area contributed by atoms with Gasteiger partial charge in [-0.1, -0.05) is 6.92 Å². The van der Waals surface area contributed by atoms with Crippen LogP contribution in [0.5, 0.6) is 11.5 Å². The van der Waals surface area contributed by atoms with E-state index in [-0.39, 0.29) is 12.3 Å². The molecule has 2 heterocycles. The zero-order valence-corrected chi connectivity index (χ0v) is 17.5. The number of hydrogen-bond donors (Lipinski definition) is 1. The molecule has 1 aromatic heterocycles. The molecule has 0 aliphatic carbocycles. The fraction of sp³-hybridized carbons (Fsp3) is 0.450. The minimum absolute atomic E-state index is 0.186. The van der Waals surface area contributed by atoms with E-state index in [1.54, 1.807) is 24.7 Å². The topological polar surface area (TPSA) is 85.3 Å². The van der Waals surface area contributed by atoms with Gasteiger partial charge in [-0.15, -0.1) is 11.3 Å². The highest BCUT2D eigenvalue weighted by molar-refractivity contribution is 7.13. The molecule has 1 fully saturated rings. The molecule has 1 aromatic carbocycles. The maximum absolute atomic E-state index is 12.2. The van der Waals surface area contributed by atoms with Gasteiger partial charge in [-0.05, 0) is 30.2 Å². The Kier molecular flexibility index (Phi) is 7.83. The minimum Gasteiger partial charge on any atom is -0.493 e. The Morgan fingerprint density at radius 3 is 2.97 bits per heavy atom. The summed E-state index contributed by atoms with van der Waals surface area (Å²) in [5.74, 6) is 1.11. The Balaban J connectivity index is 1.52. The summed E-state index contributed by atoms with van der Waals surface area (Å²) in [6.45, 7) is 5.72. The molecular weight excluding hydrogens is 392 g/mol. The van der Waals surface area contributed by atoms with Crippen LogP contribution in [0.4, 0.5) is 5.13 Å². The van der Waals surface area contributed by atoms with E-state index in [2.05, 4.69) is 20.4 Å². The first-order chi connectivity index (χ1) is 14.2. The highest BCUT2D eigenvalue weighted by atomic mass is 32.1. The predicted octanol–water partition coefficient (Wildman–Crippen LogP) is 2.47. The van der Waals surface area contributed by atoms with Crippen LogP contribution >= 0.6 is 11.3 Å². The Morgan fingerprint density at radius 1 is 1.38 bits per heavy atom. The lowest BCUT2D eigenvalue weighted by Crippen LogP contribution is -2.36. The van der Waals surface area contributed by atoms with Crippen molar-refractivity contribution < 1.29 is 19.0 Å². The van der Waals surface area contributed by atoms with Gasteiger partial charge < -0.3 is 19.1 Å². The third kappa shape index (κ3) is 6.16. The van der Waals surface area contributed by atoms with Crippen LogP contribution in [0.3, 0.4) is 0 Å². The van der Waals surface area contributed by atoms with Gasteiger partial charge in [0, 0.05) is 18.5 Å². The molecule has 3 rings (SSSR count). The molecule has 0 radical (unpaired) electrons. The Hall–Kier alpha value is -2.65. The highest BCUT2D eigenvalue weighted by Gasteiger charge is 2.15. The lowest BCUT2D eigenvalue weighted by atomic mass is 10.2. The van der Waals surface area contributed by atoms with Gasteiger partial charge in [-0.3, -0.25) is 4.79 Å². The van der Waals surface area contributed by atoms with Crippen molar-refractivity contribution in [2.45, 2.75) is 19.8 Å². The number of ether oxygens (including phenoxy) is 3. The van der Waals surface area contributed by atoms with E-state index in [1.807, 2.05) is 30.5 Å². The zero-order valence-electron chi connectivity index (χ0n) is 16.7. The SMILES string of the molecule is CCCOc1cc(/C=N\NC(=O)Cc2csc(N3CCOCC3)n2)ccc1OC. The molecule has 29 heavy (non-hydrogen) atoms. The van der Waals surface area contributed by atoms with Gasteiger partial charge in [0.15, 0.2) is 16.6 Å². The Morgan fingerprint density at radius 2 is 2.21 bits per heavy atom. The van der Waals surface area contributed by atoms with Crippen LogP contribution in [0.25, 0.3) is 0 Å². The maximum Gasteiger partial charge on any atom is 0.246 e. The summed E-state index contributed by atoms with van der Waals surface area (Å²) in [7, 11) is 1.60. The molecule has 0 spiro atoms. The molecular formula is C20H26N4O4S. The number of rotatable bonds is 9. The summed E-state index contributed by atoms with van der Waals surface area (Å²) in [4.78, 5) is 18.9. The zero-order chi connectivity index (χ0) is 20.5. The summed E-state index contributed by atoms with van der Waals surface area (Å²) in [5.41, 5.74) is 4.09. The van der Waals surface area contributed by atoms with Gasteiger partial charge in [0.25, 0.3) is 0 Å². The van der Waals surface area contributed by atoms with E-state index >= 15 is 0 Å². The number of anilines is 1. The molecule has 1 amide bonds. The first kappa shape index (κ1) is 21.1. The highest BCUT2D eigenvalue weighted by Crippen LogP contribution is 2.27. The number of nitrogens with zero attached hydrogens (tertiary/aromatic N) is 3. The number of aromatic nitrogens is 1. The van der Waals surface area contributed by atoms with Crippen LogP contribution in [0.2, 0.25) is 0 Å². The molecule has 8 nitrogen and oxygen atoms in total. The molecule has 156 valence electrons. The Labute approximate surface area is 174 Å². The maximum atomic E-state index is 12.2. The summed E-state index contributed by atoms with van der Waals surface area (Å²) in [6.07, 6.45) is 2.67. The van der Waals surface area contributed by atoms with Crippen LogP contribution in [0, 0.1) is 0 Å². The lowest BCUT2D eigenvalue weighted by molar-refractivity contribution is -0.120. The first-order valence-corrected chi connectivity index (χ1v) is 10.5. The van der Waals surface area contributed by atoms with Crippen molar-refractivity contribution in [3.63, 3.8) is 0 Å². The average molecular weight is 419 g/mol. The number of carbonyl (C=O) groups is 1. The normalized spacial score (nSPS) is 14.2. The number of amides is 1. The summed E-state index contributed by atoms with van der Waals surface area (Å²) in [6, 6.07) is 5.50. The van der Waals surface area contributed by atoms with E-state index in [1.165, 1.54) is 0 Å². The molecule has 1 saturated heterocycles. The van der Waals surface area contributed by atoms with Gasteiger partial charge in [-0.25, -0.2) is 10.4 Å². The van der Waals surface area contributed by atoms with E-state index < -0.39 is 0 Å². The molecule has 0 unspecified atom stereocenters. The van der Waals surface area contributed by atoms with Crippen LogP contribution < -0.4 is 19.8 Å². The van der Waals surface area contributed by atoms with Gasteiger partial charge in [0.05, 0.1) is 45.3 Å². The summed E-state index contributed by atoms with van der Waals surface area (Å²) in [5, 5.41) is 6.88. The van der Waals surface area contributed by atoms with E-state index in [9.17, 15) is 4.79 Å². The van der Waals surface area contributed by atoms with Crippen molar-refractivity contribution in [3.8, 4) is 11.5 Å². The van der Waals surface area contributed by atoms with Crippen LogP contribution in [0.15, 0.2) is 28.7 Å². The number of carbonyl (C=O) groups excluding carboxylic acids is 1. The number of nitrogens with one attached hydrogen (secondary N) is 1. The predicted molar refractivity (Wildman–Crippen MR) is 113 cm³/mol. The number of benzene rings is 1. The molecule has 0 atom stereocenters. The van der Waals surface area contributed by atoms with Crippen molar-refractivity contribution >= 4 is 28.6 Å². The van der Waals surface area contributed by atoms with Crippen molar-refractivity contribution in [1.82, 2.24) is 10.4 Å². The number of morpholine rings is 1. The van der Waals surface area contributed by atoms with Gasteiger partial charge in [0.2, 0.25) is 5.91 Å². The molecule has 9 heteroatoms. The number of thiazole rings is 1. The third-order valence-corrected chi connectivity index (χ3v) is 5.17. The van der Waals surface area contributed by atoms with Crippen molar-refractivity contribution in [1.29, 1.82) is 0 Å². The fourth-order valence-corrected chi connectivity index (χ4v) is 3.64. The average Bonchev–Trinajstić information content (AvgIpc) is 3.21. The molecule has 1 aliphatic heterocycles. The second kappa shape index (κ2) is 10.8. The monoisotopic (exact) mass is 418 g/mol. The fourth-order valence-electron chi connectivity index (χ4n) is 2.76. The summed E-state index contributed by atoms with van der Waals surface area (Å²) >= 11 is 1.55. The second-order valence-corrected chi connectivity index (χ2v) is 7.29. The molecule has 1 N–H and O–H groups in total. The van der Waals surface area contributed by atoms with Crippen LogP contribution in [-0.2, 0) is 16.0 Å². The molecule has 1 aliphatic rings. The van der Waals surface area contributed by atoms with E-state index in [0.29, 0.717) is 31.3 Å². The van der Waals surface area contributed by atoms with Crippen LogP contribution in [0.1, 0.15) is 24.6 Å². The molecule has 2 aromatic rings. The summed E-state index contributed by atoms with van der Waals surface area (Å²) < 4.78 is 16.3.